The molecule has 1 N–H and O–H groups in total. The van der Waals surface area contributed by atoms with Gasteiger partial charge in [0, 0.05) is 13.0 Å². The number of carbonyl (C=O) groups is 4. The Labute approximate surface area is 213 Å². The van der Waals surface area contributed by atoms with Gasteiger partial charge >= 0.3 is 17.9 Å². The van der Waals surface area contributed by atoms with E-state index >= 15 is 0 Å². The number of rotatable bonds is 6. The van der Waals surface area contributed by atoms with Crippen LogP contribution in [0.4, 0.5) is 0 Å². The summed E-state index contributed by atoms with van der Waals surface area (Å²) in [6.45, 7) is 4.58. The maximum Gasteiger partial charge on any atom is 0.338 e. The summed E-state index contributed by atoms with van der Waals surface area (Å²) in [5.74, 6) is -6.45. The van der Waals surface area contributed by atoms with Crippen LogP contribution in [0.15, 0.2) is 35.2 Å². The molecule has 11 nitrogen and oxygen atoms in total. The largest absolute Gasteiger partial charge is 0.472 e. The molecule has 0 radical (unpaired) electrons. The van der Waals surface area contributed by atoms with Gasteiger partial charge in [-0.1, -0.05) is 13.0 Å². The van der Waals surface area contributed by atoms with Gasteiger partial charge in [-0.25, -0.2) is 9.59 Å². The average molecular weight is 519 g/mol. The SMILES string of the molecule is COC(=O)C1O[C@@]12C(C(=O)c1ccoc1)CCC1CO[C@@](O)([C@H](OC(C)=O)[C@H]3C=CC(=O)O[C@@H]3C)C12C. The maximum absolute atomic E-state index is 13.7. The molecule has 0 aromatic carbocycles. The Kier molecular flexibility index (Phi) is 6.08. The van der Waals surface area contributed by atoms with Crippen LogP contribution in [0.25, 0.3) is 0 Å². The fraction of sp³-hybridized carbons (Fsp3) is 0.615. The minimum Gasteiger partial charge on any atom is -0.472 e. The van der Waals surface area contributed by atoms with E-state index in [9.17, 15) is 24.3 Å². The Morgan fingerprint density at radius 1 is 1.24 bits per heavy atom. The summed E-state index contributed by atoms with van der Waals surface area (Å²) in [6.07, 6.45) is 2.98. The first-order chi connectivity index (χ1) is 17.5. The number of methoxy groups -OCH3 is 1. The Bertz CT molecular complexity index is 1140. The lowest BCUT2D eigenvalue weighted by Crippen LogP contribution is -2.68. The molecule has 1 spiro atoms. The van der Waals surface area contributed by atoms with Crippen molar-refractivity contribution in [3.8, 4) is 0 Å². The maximum atomic E-state index is 13.7. The van der Waals surface area contributed by atoms with Crippen LogP contribution in [0.5, 0.6) is 0 Å². The van der Waals surface area contributed by atoms with Crippen LogP contribution >= 0.6 is 0 Å². The van der Waals surface area contributed by atoms with E-state index in [1.54, 1.807) is 13.8 Å². The zero-order chi connectivity index (χ0) is 26.8. The Morgan fingerprint density at radius 3 is 2.62 bits per heavy atom. The van der Waals surface area contributed by atoms with Crippen molar-refractivity contribution in [2.75, 3.05) is 13.7 Å². The summed E-state index contributed by atoms with van der Waals surface area (Å²) in [5.41, 5.74) is -2.62. The van der Waals surface area contributed by atoms with Crippen molar-refractivity contribution in [3.63, 3.8) is 0 Å². The second-order valence-electron chi connectivity index (χ2n) is 10.3. The lowest BCUT2D eigenvalue weighted by atomic mass is 9.51. The van der Waals surface area contributed by atoms with Crippen LogP contribution in [0.1, 0.15) is 44.0 Å². The van der Waals surface area contributed by atoms with E-state index in [0.29, 0.717) is 18.4 Å². The van der Waals surface area contributed by atoms with Gasteiger partial charge in [0.2, 0.25) is 5.79 Å². The Morgan fingerprint density at radius 2 is 2.00 bits per heavy atom. The van der Waals surface area contributed by atoms with Gasteiger partial charge in [-0.3, -0.25) is 9.59 Å². The van der Waals surface area contributed by atoms with Gasteiger partial charge in [-0.2, -0.15) is 0 Å². The van der Waals surface area contributed by atoms with Gasteiger partial charge < -0.3 is 33.2 Å². The van der Waals surface area contributed by atoms with Crippen molar-refractivity contribution in [2.24, 2.45) is 23.2 Å². The Balaban J connectivity index is 1.64. The molecule has 11 heteroatoms. The Hall–Kier alpha value is -3.02. The molecule has 0 amide bonds. The predicted octanol–water partition coefficient (Wildman–Crippen LogP) is 1.57. The molecular formula is C26H30O11. The number of ketones is 1. The third kappa shape index (κ3) is 3.51. The molecule has 3 fully saturated rings. The van der Waals surface area contributed by atoms with E-state index < -0.39 is 64.9 Å². The van der Waals surface area contributed by atoms with Gasteiger partial charge in [-0.15, -0.1) is 0 Å². The molecular weight excluding hydrogens is 488 g/mol. The molecule has 1 aromatic heterocycles. The first-order valence-electron chi connectivity index (χ1n) is 12.3. The van der Waals surface area contributed by atoms with Crippen LogP contribution < -0.4 is 0 Å². The number of epoxide rings is 1. The van der Waals surface area contributed by atoms with Crippen molar-refractivity contribution in [2.45, 2.75) is 63.3 Å². The summed E-state index contributed by atoms with van der Waals surface area (Å²) < 4.78 is 33.3. The molecule has 9 atom stereocenters. The third-order valence-corrected chi connectivity index (χ3v) is 8.71. The number of hydrogen-bond donors (Lipinski definition) is 1. The van der Waals surface area contributed by atoms with Gasteiger partial charge in [0.05, 0.1) is 42.8 Å². The lowest BCUT2D eigenvalue weighted by Gasteiger charge is -2.53. The fourth-order valence-corrected chi connectivity index (χ4v) is 6.80. The zero-order valence-electron chi connectivity index (χ0n) is 21.0. The monoisotopic (exact) mass is 518 g/mol. The molecule has 4 aliphatic rings. The molecule has 3 aliphatic heterocycles. The molecule has 0 bridgehead atoms. The van der Waals surface area contributed by atoms with E-state index in [-0.39, 0.29) is 18.3 Å². The molecule has 4 heterocycles. The first-order valence-corrected chi connectivity index (χ1v) is 12.3. The zero-order valence-corrected chi connectivity index (χ0v) is 21.0. The van der Waals surface area contributed by atoms with E-state index in [1.807, 2.05) is 0 Å². The van der Waals surface area contributed by atoms with E-state index in [1.165, 1.54) is 44.8 Å². The van der Waals surface area contributed by atoms with Gasteiger partial charge in [0.15, 0.2) is 18.0 Å². The second-order valence-corrected chi connectivity index (χ2v) is 10.3. The second kappa shape index (κ2) is 8.78. The normalized spacial score (nSPS) is 41.0. The van der Waals surface area contributed by atoms with Crippen LogP contribution in [-0.2, 0) is 38.1 Å². The number of carbonyl (C=O) groups excluding carboxylic acids is 4. The summed E-state index contributed by atoms with van der Waals surface area (Å²) in [5, 5.41) is 12.4. The molecule has 1 aromatic rings. The van der Waals surface area contributed by atoms with Gasteiger partial charge in [-0.05, 0) is 31.7 Å². The van der Waals surface area contributed by atoms with Crippen molar-refractivity contribution < 1.29 is 52.4 Å². The highest BCUT2D eigenvalue weighted by Crippen LogP contribution is 2.71. The predicted molar refractivity (Wildman–Crippen MR) is 122 cm³/mol. The third-order valence-electron chi connectivity index (χ3n) is 8.71. The first kappa shape index (κ1) is 25.6. The molecule has 2 saturated heterocycles. The summed E-state index contributed by atoms with van der Waals surface area (Å²) in [7, 11) is 1.22. The summed E-state index contributed by atoms with van der Waals surface area (Å²) in [4.78, 5) is 50.6. The molecule has 200 valence electrons. The number of aliphatic hydroxyl groups is 1. The van der Waals surface area contributed by atoms with Crippen LogP contribution in [-0.4, -0.2) is 72.2 Å². The van der Waals surface area contributed by atoms with Gasteiger partial charge in [0.1, 0.15) is 18.0 Å². The van der Waals surface area contributed by atoms with Crippen LogP contribution in [0.2, 0.25) is 0 Å². The topological polar surface area (TPSA) is 151 Å². The van der Waals surface area contributed by atoms with Crippen molar-refractivity contribution in [1.82, 2.24) is 0 Å². The highest BCUT2D eigenvalue weighted by atomic mass is 16.7. The number of Topliss-reactive ketones (excluding diaryl/α,β-unsaturated/α-hetero) is 1. The molecule has 4 unspecified atom stereocenters. The molecule has 1 saturated carbocycles. The number of hydrogen-bond acceptors (Lipinski definition) is 11. The van der Waals surface area contributed by atoms with Crippen LogP contribution in [0.3, 0.4) is 0 Å². The minimum absolute atomic E-state index is 0.0704. The van der Waals surface area contributed by atoms with Crippen molar-refractivity contribution >= 4 is 23.7 Å². The summed E-state index contributed by atoms with van der Waals surface area (Å²) >= 11 is 0. The van der Waals surface area contributed by atoms with E-state index in [4.69, 9.17) is 28.1 Å². The minimum atomic E-state index is -2.21. The molecule has 1 aliphatic carbocycles. The highest BCUT2D eigenvalue weighted by molar-refractivity contribution is 6.00. The number of ether oxygens (including phenoxy) is 5. The number of cyclic esters (lactones) is 1. The standard InChI is InChI=1S/C26H30O11/c1-13-17(6-8-19(28)35-13)21(36-14(2)27)26(31)24(3)16(12-34-26)5-7-18(20(29)15-9-10-33-11-15)25(24)22(37-25)23(30)32-4/h6,8-11,13,16-18,21-22,31H,5,7,12H2,1-4H3/t13-,16?,17+,18?,21-,22?,24?,25+,26+/m1/s1. The lowest BCUT2D eigenvalue weighted by molar-refractivity contribution is -0.309. The molecule has 5 rings (SSSR count). The number of furan rings is 1. The van der Waals surface area contributed by atoms with Gasteiger partial charge in [0.25, 0.3) is 0 Å². The van der Waals surface area contributed by atoms with Crippen molar-refractivity contribution in [3.05, 3.63) is 36.3 Å². The molecule has 37 heavy (non-hydrogen) atoms. The summed E-state index contributed by atoms with van der Waals surface area (Å²) in [6, 6.07) is 1.53. The van der Waals surface area contributed by atoms with E-state index in [0.717, 1.165) is 0 Å². The van der Waals surface area contributed by atoms with Crippen LogP contribution in [0, 0.1) is 23.2 Å². The number of esters is 3. The number of fused-ring (bicyclic) bond motifs is 2. The van der Waals surface area contributed by atoms with Crippen molar-refractivity contribution in [1.29, 1.82) is 0 Å². The quantitative estimate of drug-likeness (QED) is 0.253. The average Bonchev–Trinajstić information content (AvgIpc) is 3.21. The fourth-order valence-electron chi connectivity index (χ4n) is 6.80. The van der Waals surface area contributed by atoms with E-state index in [2.05, 4.69) is 0 Å². The highest BCUT2D eigenvalue weighted by Gasteiger charge is 2.86. The smallest absolute Gasteiger partial charge is 0.338 e.